The Morgan fingerprint density at radius 2 is 1.16 bits per heavy atom. The van der Waals surface area contributed by atoms with Gasteiger partial charge in [0.15, 0.2) is 7.14 Å². The van der Waals surface area contributed by atoms with Crippen molar-refractivity contribution in [3.05, 3.63) is 169 Å². The average molecular weight is 647 g/mol. The molecule has 0 aliphatic heterocycles. The number of para-hydroxylation sites is 1. The number of hydrogen-bond donors (Lipinski definition) is 0. The van der Waals surface area contributed by atoms with Crippen molar-refractivity contribution in [1.82, 2.24) is 0 Å². The summed E-state index contributed by atoms with van der Waals surface area (Å²) in [5.74, 6) is 0. The Balaban J connectivity index is 1.02. The molecule has 7 aromatic carbocycles. The van der Waals surface area contributed by atoms with Crippen LogP contribution >= 0.6 is 7.14 Å². The van der Waals surface area contributed by atoms with E-state index in [4.69, 9.17) is 4.42 Å². The molecule has 2 aliphatic carbocycles. The zero-order valence-electron chi connectivity index (χ0n) is 26.8. The van der Waals surface area contributed by atoms with Crippen LogP contribution in [-0.4, -0.2) is 0 Å². The number of rotatable bonds is 5. The average Bonchev–Trinajstić information content (AvgIpc) is 3.72. The Morgan fingerprint density at radius 3 is 1.92 bits per heavy atom. The summed E-state index contributed by atoms with van der Waals surface area (Å²) in [6, 6.07) is 51.0. The molecule has 232 valence electrons. The van der Waals surface area contributed by atoms with Crippen LogP contribution in [0.4, 0.5) is 0 Å². The van der Waals surface area contributed by atoms with Gasteiger partial charge in [0.25, 0.3) is 0 Å². The number of hydrogen-bond acceptors (Lipinski definition) is 2. The molecule has 2 aliphatic rings. The molecule has 1 heterocycles. The predicted molar refractivity (Wildman–Crippen MR) is 206 cm³/mol. The van der Waals surface area contributed by atoms with Crippen LogP contribution in [0.2, 0.25) is 0 Å². The largest absolute Gasteiger partial charge is 0.455 e. The molecule has 0 saturated heterocycles. The maximum atomic E-state index is 14.8. The minimum absolute atomic E-state index is 0.816. The van der Waals surface area contributed by atoms with Gasteiger partial charge in [-0.15, -0.1) is 0 Å². The van der Waals surface area contributed by atoms with Gasteiger partial charge < -0.3 is 8.98 Å². The van der Waals surface area contributed by atoms with Crippen molar-refractivity contribution >= 4 is 50.5 Å². The standard InChI is InChI=1S/C46H31O2P/c47-49(34-12-3-1-4-13-34,35-14-5-2-6-15-35)36-26-24-31(25-27-36)30-20-22-32(23-21-30)37-16-9-18-40-41-29-28-39-38-17-7-10-33-11-8-19-42(43(33)38)44(39)46(41)48-45(37)40/h1-5,7-14,16-29H,6,15H2. The van der Waals surface area contributed by atoms with Gasteiger partial charge in [0.05, 0.1) is 0 Å². The highest BCUT2D eigenvalue weighted by atomic mass is 31.2. The minimum atomic E-state index is -2.93. The van der Waals surface area contributed by atoms with Gasteiger partial charge in [-0.1, -0.05) is 158 Å². The molecule has 0 N–H and O–H groups in total. The molecule has 0 spiro atoms. The first-order valence-corrected chi connectivity index (χ1v) is 18.6. The highest BCUT2D eigenvalue weighted by Crippen LogP contribution is 2.55. The van der Waals surface area contributed by atoms with Crippen molar-refractivity contribution in [3.63, 3.8) is 0 Å². The second kappa shape index (κ2) is 10.9. The molecule has 0 fully saturated rings. The van der Waals surface area contributed by atoms with E-state index in [1.165, 1.54) is 33.0 Å². The lowest BCUT2D eigenvalue weighted by molar-refractivity contribution is 0.589. The van der Waals surface area contributed by atoms with Crippen molar-refractivity contribution in [2.24, 2.45) is 0 Å². The Hall–Kier alpha value is -5.69. The van der Waals surface area contributed by atoms with Crippen LogP contribution in [-0.2, 0) is 4.57 Å². The summed E-state index contributed by atoms with van der Waals surface area (Å²) in [4.78, 5) is 0. The Labute approximate surface area is 285 Å². The number of benzene rings is 7. The van der Waals surface area contributed by atoms with Gasteiger partial charge in [-0.2, -0.15) is 0 Å². The molecular weight excluding hydrogens is 615 g/mol. The molecule has 0 bridgehead atoms. The quantitative estimate of drug-likeness (QED) is 0.174. The van der Waals surface area contributed by atoms with Crippen molar-refractivity contribution in [1.29, 1.82) is 0 Å². The Kier molecular flexibility index (Phi) is 6.32. The fourth-order valence-corrected chi connectivity index (χ4v) is 10.9. The van der Waals surface area contributed by atoms with Crippen LogP contribution in [0.15, 0.2) is 174 Å². The second-order valence-corrected chi connectivity index (χ2v) is 15.9. The van der Waals surface area contributed by atoms with Gasteiger partial charge in [0.2, 0.25) is 0 Å². The van der Waals surface area contributed by atoms with E-state index < -0.39 is 7.14 Å². The van der Waals surface area contributed by atoms with E-state index in [9.17, 15) is 4.57 Å². The smallest absolute Gasteiger partial charge is 0.167 e. The van der Waals surface area contributed by atoms with E-state index in [0.29, 0.717) is 0 Å². The van der Waals surface area contributed by atoms with Crippen LogP contribution in [0.1, 0.15) is 12.8 Å². The van der Waals surface area contributed by atoms with Crippen molar-refractivity contribution < 1.29 is 8.98 Å². The van der Waals surface area contributed by atoms with E-state index in [-0.39, 0.29) is 0 Å². The van der Waals surface area contributed by atoms with Crippen LogP contribution in [0.3, 0.4) is 0 Å². The van der Waals surface area contributed by atoms with E-state index in [1.807, 2.05) is 36.4 Å². The molecule has 1 aromatic heterocycles. The highest BCUT2D eigenvalue weighted by Gasteiger charge is 2.32. The first-order valence-electron chi connectivity index (χ1n) is 16.9. The molecule has 0 amide bonds. The summed E-state index contributed by atoms with van der Waals surface area (Å²) in [7, 11) is -2.93. The van der Waals surface area contributed by atoms with Gasteiger partial charge in [-0.05, 0) is 68.4 Å². The van der Waals surface area contributed by atoms with Gasteiger partial charge in [-0.25, -0.2) is 0 Å². The maximum absolute atomic E-state index is 14.8. The summed E-state index contributed by atoms with van der Waals surface area (Å²) in [6.07, 6.45) is 7.98. The predicted octanol–water partition coefficient (Wildman–Crippen LogP) is 12.3. The molecule has 49 heavy (non-hydrogen) atoms. The number of allylic oxidation sites excluding steroid dienone is 4. The summed E-state index contributed by atoms with van der Waals surface area (Å²) in [5.41, 5.74) is 11.2. The molecule has 0 saturated carbocycles. The molecule has 8 aromatic rings. The first kappa shape index (κ1) is 28.3. The molecular formula is C46H31O2P. The Morgan fingerprint density at radius 1 is 0.510 bits per heavy atom. The van der Waals surface area contributed by atoms with Gasteiger partial charge in [0, 0.05) is 32.5 Å². The lowest BCUT2D eigenvalue weighted by Crippen LogP contribution is -2.18. The zero-order chi connectivity index (χ0) is 32.5. The highest BCUT2D eigenvalue weighted by molar-refractivity contribution is 7.82. The normalized spacial score (nSPS) is 14.7. The summed E-state index contributed by atoms with van der Waals surface area (Å²) >= 11 is 0. The lowest BCUT2D eigenvalue weighted by Gasteiger charge is -2.24. The fraction of sp³-hybridized carbons (Fsp3) is 0.0435. The van der Waals surface area contributed by atoms with Crippen molar-refractivity contribution in [2.75, 3.05) is 0 Å². The monoisotopic (exact) mass is 646 g/mol. The fourth-order valence-electron chi connectivity index (χ4n) is 8.03. The zero-order valence-corrected chi connectivity index (χ0v) is 27.7. The lowest BCUT2D eigenvalue weighted by atomic mass is 9.98. The third-order valence-electron chi connectivity index (χ3n) is 10.4. The molecule has 1 unspecified atom stereocenters. The van der Waals surface area contributed by atoms with E-state index >= 15 is 0 Å². The van der Waals surface area contributed by atoms with Crippen molar-refractivity contribution in [3.8, 4) is 44.5 Å². The van der Waals surface area contributed by atoms with E-state index in [2.05, 4.69) is 127 Å². The van der Waals surface area contributed by atoms with E-state index in [0.717, 1.165) is 73.0 Å². The number of fused-ring (bicyclic) bond motifs is 7. The SMILES string of the molecule is O=P(C1=CC=CCC1)(c1ccccc1)c1ccc(-c2ccc(-c3cccc4c3oc3c5c(ccc34)-c3cccc4cccc-5c34)cc2)cc1. The second-order valence-electron chi connectivity index (χ2n) is 13.1. The topological polar surface area (TPSA) is 30.2 Å². The van der Waals surface area contributed by atoms with Gasteiger partial charge in [-0.3, -0.25) is 0 Å². The maximum Gasteiger partial charge on any atom is 0.167 e. The minimum Gasteiger partial charge on any atom is -0.455 e. The van der Waals surface area contributed by atoms with Gasteiger partial charge >= 0.3 is 0 Å². The third-order valence-corrected chi connectivity index (χ3v) is 13.6. The van der Waals surface area contributed by atoms with Gasteiger partial charge in [0.1, 0.15) is 11.2 Å². The third kappa shape index (κ3) is 4.24. The summed E-state index contributed by atoms with van der Waals surface area (Å²) in [5, 5.41) is 7.63. The molecule has 10 rings (SSSR count). The van der Waals surface area contributed by atoms with Crippen LogP contribution < -0.4 is 10.6 Å². The number of furan rings is 1. The molecule has 3 heteroatoms. The first-order chi connectivity index (χ1) is 24.2. The van der Waals surface area contributed by atoms with Crippen LogP contribution in [0, 0.1) is 0 Å². The molecule has 2 nitrogen and oxygen atoms in total. The molecule has 1 atom stereocenters. The van der Waals surface area contributed by atoms with Crippen LogP contribution in [0.5, 0.6) is 0 Å². The summed E-state index contributed by atoms with van der Waals surface area (Å²) in [6.45, 7) is 0. The molecule has 0 radical (unpaired) electrons. The van der Waals surface area contributed by atoms with Crippen LogP contribution in [0.25, 0.3) is 77.2 Å². The van der Waals surface area contributed by atoms with E-state index in [1.54, 1.807) is 0 Å². The summed E-state index contributed by atoms with van der Waals surface area (Å²) < 4.78 is 21.7. The van der Waals surface area contributed by atoms with Crippen molar-refractivity contribution in [2.45, 2.75) is 12.8 Å². The Bertz CT molecular complexity index is 2710.